The molecule has 1 unspecified atom stereocenters. The number of guanidine groups is 1. The third-order valence-electron chi connectivity index (χ3n) is 4.64. The molecule has 9 heteroatoms. The molecule has 1 atom stereocenters. The first kappa shape index (κ1) is 23.4. The lowest BCUT2D eigenvalue weighted by molar-refractivity contribution is 0.597. The molecule has 0 aromatic heterocycles. The molecule has 2 aromatic carbocycles. The average Bonchev–Trinajstić information content (AvgIpc) is 3.15. The number of nitrogens with two attached hydrogens (primary N) is 1. The van der Waals surface area contributed by atoms with Crippen LogP contribution in [0, 0.1) is 0 Å². The smallest absolute Gasteiger partial charge is 0.238 e. The molecule has 2 aromatic rings. The highest BCUT2D eigenvalue weighted by atomic mass is 127. The zero-order valence-electron chi connectivity index (χ0n) is 16.4. The Hall–Kier alpha value is -1.85. The molecule has 0 saturated carbocycles. The van der Waals surface area contributed by atoms with Gasteiger partial charge in [0.1, 0.15) is 0 Å². The molecule has 1 fully saturated rings. The SMILES string of the molecule is CCNC(=NCc1cccc(S(N)(=O)=O)c1)NC1CCN(c2ccccc2)C1.I. The minimum absolute atomic E-state index is 0. The molecular formula is C20H28IN5O2S. The van der Waals surface area contributed by atoms with Gasteiger partial charge in [0.2, 0.25) is 10.0 Å². The molecule has 1 heterocycles. The maximum absolute atomic E-state index is 11.5. The maximum Gasteiger partial charge on any atom is 0.238 e. The second kappa shape index (κ2) is 10.8. The molecule has 7 nitrogen and oxygen atoms in total. The number of benzene rings is 2. The summed E-state index contributed by atoms with van der Waals surface area (Å²) in [7, 11) is -3.71. The average molecular weight is 529 g/mol. The third-order valence-corrected chi connectivity index (χ3v) is 5.55. The van der Waals surface area contributed by atoms with Crippen LogP contribution in [-0.2, 0) is 16.6 Å². The number of nitrogens with one attached hydrogen (secondary N) is 2. The number of halogens is 1. The number of nitrogens with zero attached hydrogens (tertiary/aromatic N) is 2. The van der Waals surface area contributed by atoms with Crippen molar-refractivity contribution in [3.63, 3.8) is 0 Å². The van der Waals surface area contributed by atoms with E-state index in [-0.39, 0.29) is 28.9 Å². The summed E-state index contributed by atoms with van der Waals surface area (Å²) in [6.07, 6.45) is 1.03. The van der Waals surface area contributed by atoms with Crippen LogP contribution in [0.25, 0.3) is 0 Å². The highest BCUT2D eigenvalue weighted by Gasteiger charge is 2.23. The fraction of sp³-hybridized carbons (Fsp3) is 0.350. The van der Waals surface area contributed by atoms with Crippen molar-refractivity contribution in [2.45, 2.75) is 30.8 Å². The molecule has 158 valence electrons. The molecule has 1 aliphatic heterocycles. The summed E-state index contributed by atoms with van der Waals surface area (Å²) in [5, 5.41) is 11.9. The fourth-order valence-electron chi connectivity index (χ4n) is 3.26. The van der Waals surface area contributed by atoms with Crippen molar-refractivity contribution in [3.05, 3.63) is 60.2 Å². The first-order valence-corrected chi connectivity index (χ1v) is 11.0. The van der Waals surface area contributed by atoms with E-state index in [1.807, 2.05) is 19.1 Å². The zero-order valence-corrected chi connectivity index (χ0v) is 19.6. The molecule has 0 bridgehead atoms. The minimum atomic E-state index is -3.71. The Morgan fingerprint density at radius 2 is 1.97 bits per heavy atom. The Morgan fingerprint density at radius 3 is 2.66 bits per heavy atom. The number of hydrogen-bond acceptors (Lipinski definition) is 4. The number of aliphatic imine (C=N–C) groups is 1. The Bertz CT molecular complexity index is 921. The van der Waals surface area contributed by atoms with Gasteiger partial charge in [-0.05, 0) is 43.2 Å². The number of hydrogen-bond donors (Lipinski definition) is 3. The lowest BCUT2D eigenvalue weighted by atomic mass is 10.2. The second-order valence-corrected chi connectivity index (χ2v) is 8.36. The van der Waals surface area contributed by atoms with E-state index < -0.39 is 10.0 Å². The minimum Gasteiger partial charge on any atom is -0.369 e. The third kappa shape index (κ3) is 6.86. The van der Waals surface area contributed by atoms with Crippen LogP contribution < -0.4 is 20.7 Å². The predicted octanol–water partition coefficient (Wildman–Crippen LogP) is 2.29. The Balaban J connectivity index is 0.00000300. The van der Waals surface area contributed by atoms with Gasteiger partial charge in [-0.1, -0.05) is 30.3 Å². The lowest BCUT2D eigenvalue weighted by Crippen LogP contribution is -2.44. The van der Waals surface area contributed by atoms with Gasteiger partial charge in [0.15, 0.2) is 5.96 Å². The van der Waals surface area contributed by atoms with Crippen LogP contribution in [0.5, 0.6) is 0 Å². The van der Waals surface area contributed by atoms with Gasteiger partial charge >= 0.3 is 0 Å². The quantitative estimate of drug-likeness (QED) is 0.303. The van der Waals surface area contributed by atoms with Gasteiger partial charge in [-0.25, -0.2) is 18.5 Å². The highest BCUT2D eigenvalue weighted by Crippen LogP contribution is 2.19. The first-order valence-electron chi connectivity index (χ1n) is 9.42. The Morgan fingerprint density at radius 1 is 1.21 bits per heavy atom. The van der Waals surface area contributed by atoms with E-state index in [1.54, 1.807) is 12.1 Å². The van der Waals surface area contributed by atoms with E-state index in [9.17, 15) is 8.42 Å². The topological polar surface area (TPSA) is 99.8 Å². The first-order chi connectivity index (χ1) is 13.5. The molecule has 0 aliphatic carbocycles. The van der Waals surface area contributed by atoms with Gasteiger partial charge in [-0.3, -0.25) is 0 Å². The van der Waals surface area contributed by atoms with Gasteiger partial charge < -0.3 is 15.5 Å². The monoisotopic (exact) mass is 529 g/mol. The number of para-hydroxylation sites is 1. The molecule has 0 amide bonds. The molecule has 4 N–H and O–H groups in total. The van der Waals surface area contributed by atoms with Crippen molar-refractivity contribution < 1.29 is 8.42 Å². The van der Waals surface area contributed by atoms with E-state index in [0.29, 0.717) is 12.6 Å². The van der Waals surface area contributed by atoms with Crippen LogP contribution in [-0.4, -0.2) is 40.1 Å². The molecular weight excluding hydrogens is 501 g/mol. The van der Waals surface area contributed by atoms with Crippen LogP contribution in [0.1, 0.15) is 18.9 Å². The van der Waals surface area contributed by atoms with Crippen molar-refractivity contribution in [2.24, 2.45) is 10.1 Å². The summed E-state index contributed by atoms with van der Waals surface area (Å²) in [6, 6.07) is 17.3. The highest BCUT2D eigenvalue weighted by molar-refractivity contribution is 14.0. The van der Waals surface area contributed by atoms with E-state index in [0.717, 1.165) is 37.6 Å². The van der Waals surface area contributed by atoms with E-state index in [4.69, 9.17) is 5.14 Å². The standard InChI is InChI=1S/C20H27N5O2S.HI/c1-2-22-20(23-14-16-7-6-10-19(13-16)28(21,26)27)24-17-11-12-25(15-17)18-8-4-3-5-9-18;/h3-10,13,17H,2,11-12,14-15H2,1H3,(H2,21,26,27)(H2,22,23,24);1H. The molecule has 29 heavy (non-hydrogen) atoms. The molecule has 0 radical (unpaired) electrons. The largest absolute Gasteiger partial charge is 0.369 e. The Labute approximate surface area is 189 Å². The molecule has 3 rings (SSSR count). The van der Waals surface area contributed by atoms with Crippen molar-refractivity contribution in [1.29, 1.82) is 0 Å². The van der Waals surface area contributed by atoms with Gasteiger partial charge in [0.05, 0.1) is 11.4 Å². The fourth-order valence-corrected chi connectivity index (χ4v) is 3.84. The summed E-state index contributed by atoms with van der Waals surface area (Å²) in [5.41, 5.74) is 2.02. The summed E-state index contributed by atoms with van der Waals surface area (Å²) < 4.78 is 23.0. The summed E-state index contributed by atoms with van der Waals surface area (Å²) in [6.45, 7) is 5.04. The van der Waals surface area contributed by atoms with Gasteiger partial charge in [0, 0.05) is 31.4 Å². The summed E-state index contributed by atoms with van der Waals surface area (Å²) >= 11 is 0. The summed E-state index contributed by atoms with van der Waals surface area (Å²) in [5.74, 6) is 0.725. The summed E-state index contributed by atoms with van der Waals surface area (Å²) in [4.78, 5) is 7.07. The number of primary sulfonamides is 1. The van der Waals surface area contributed by atoms with Crippen molar-refractivity contribution in [3.8, 4) is 0 Å². The normalized spacial score (nSPS) is 17.0. The van der Waals surface area contributed by atoms with Gasteiger partial charge in [0.25, 0.3) is 0 Å². The van der Waals surface area contributed by atoms with E-state index >= 15 is 0 Å². The molecule has 1 aliphatic rings. The van der Waals surface area contributed by atoms with Gasteiger partial charge in [-0.2, -0.15) is 0 Å². The molecule has 0 spiro atoms. The van der Waals surface area contributed by atoms with Crippen molar-refractivity contribution in [2.75, 3.05) is 24.5 Å². The van der Waals surface area contributed by atoms with Crippen LogP contribution in [0.3, 0.4) is 0 Å². The number of sulfonamides is 1. The predicted molar refractivity (Wildman–Crippen MR) is 128 cm³/mol. The Kier molecular flexibility index (Phi) is 8.72. The van der Waals surface area contributed by atoms with E-state index in [2.05, 4.69) is 44.8 Å². The maximum atomic E-state index is 11.5. The van der Waals surface area contributed by atoms with Crippen LogP contribution in [0.15, 0.2) is 64.5 Å². The van der Waals surface area contributed by atoms with Crippen LogP contribution >= 0.6 is 24.0 Å². The van der Waals surface area contributed by atoms with E-state index in [1.165, 1.54) is 11.8 Å². The van der Waals surface area contributed by atoms with Crippen molar-refractivity contribution in [1.82, 2.24) is 10.6 Å². The van der Waals surface area contributed by atoms with Crippen molar-refractivity contribution >= 4 is 45.6 Å². The second-order valence-electron chi connectivity index (χ2n) is 6.80. The molecule has 1 saturated heterocycles. The van der Waals surface area contributed by atoms with Gasteiger partial charge in [-0.15, -0.1) is 24.0 Å². The van der Waals surface area contributed by atoms with Crippen LogP contribution in [0.4, 0.5) is 5.69 Å². The lowest BCUT2D eigenvalue weighted by Gasteiger charge is -2.20. The van der Waals surface area contributed by atoms with Crippen LogP contribution in [0.2, 0.25) is 0 Å². The zero-order chi connectivity index (χ0) is 20.0. The number of anilines is 1. The number of rotatable bonds is 6.